The Morgan fingerprint density at radius 3 is 2.50 bits per heavy atom. The number of halogens is 1. The van der Waals surface area contributed by atoms with E-state index in [1.807, 2.05) is 30.3 Å². The van der Waals surface area contributed by atoms with Gasteiger partial charge in [-0.25, -0.2) is 5.06 Å². The molecular weight excluding hydrogens is 352 g/mol. The highest BCUT2D eigenvalue weighted by Crippen LogP contribution is 2.24. The summed E-state index contributed by atoms with van der Waals surface area (Å²) in [5, 5.41) is 21.8. The van der Waals surface area contributed by atoms with E-state index in [9.17, 15) is 15.1 Å². The number of aliphatic hydroxyl groups is 1. The van der Waals surface area contributed by atoms with E-state index in [0.29, 0.717) is 24.5 Å². The highest BCUT2D eigenvalue weighted by Gasteiger charge is 2.29. The number of β-amino-alcohol motifs (C(OH)–C–C–N with tert-alkyl or cyclic N) is 1. The molecular formula is C20H23ClN2O3. The third-order valence-electron chi connectivity index (χ3n) is 4.68. The van der Waals surface area contributed by atoms with E-state index < -0.39 is 6.04 Å². The number of carbonyl (C=O) groups excluding carboxylic acids is 1. The quantitative estimate of drug-likeness (QED) is 0.602. The van der Waals surface area contributed by atoms with Crippen molar-refractivity contribution in [1.29, 1.82) is 0 Å². The summed E-state index contributed by atoms with van der Waals surface area (Å²) in [4.78, 5) is 14.7. The molecule has 1 heterocycles. The zero-order valence-electron chi connectivity index (χ0n) is 14.5. The lowest BCUT2D eigenvalue weighted by atomic mass is 10.0. The fraction of sp³-hybridized carbons (Fsp3) is 0.350. The SMILES string of the molecule is O=C(Cc1ccc(Cl)cc1)N(O)[C@H](CN1CC[C@H](O)C1)c1ccccc1. The Labute approximate surface area is 158 Å². The number of amides is 1. The van der Waals surface area contributed by atoms with Gasteiger partial charge < -0.3 is 5.11 Å². The number of benzene rings is 2. The summed E-state index contributed by atoms with van der Waals surface area (Å²) in [7, 11) is 0. The lowest BCUT2D eigenvalue weighted by molar-refractivity contribution is -0.177. The number of hydrogen-bond acceptors (Lipinski definition) is 4. The van der Waals surface area contributed by atoms with Crippen molar-refractivity contribution >= 4 is 17.5 Å². The van der Waals surface area contributed by atoms with Crippen molar-refractivity contribution in [3.8, 4) is 0 Å². The lowest BCUT2D eigenvalue weighted by Gasteiger charge is -2.30. The maximum Gasteiger partial charge on any atom is 0.250 e. The molecule has 1 amide bonds. The molecule has 0 bridgehead atoms. The van der Waals surface area contributed by atoms with Crippen LogP contribution in [0.25, 0.3) is 0 Å². The lowest BCUT2D eigenvalue weighted by Crippen LogP contribution is -2.40. The first-order valence-electron chi connectivity index (χ1n) is 8.73. The first-order valence-corrected chi connectivity index (χ1v) is 9.11. The summed E-state index contributed by atoms with van der Waals surface area (Å²) in [6.45, 7) is 1.79. The predicted octanol–water partition coefficient (Wildman–Crippen LogP) is 2.91. The second kappa shape index (κ2) is 8.64. The Morgan fingerprint density at radius 2 is 1.88 bits per heavy atom. The molecule has 0 aromatic heterocycles. The predicted molar refractivity (Wildman–Crippen MR) is 100 cm³/mol. The van der Waals surface area contributed by atoms with Gasteiger partial charge in [-0.1, -0.05) is 54.1 Å². The molecule has 6 heteroatoms. The van der Waals surface area contributed by atoms with Crippen molar-refractivity contribution in [2.75, 3.05) is 19.6 Å². The van der Waals surface area contributed by atoms with Crippen LogP contribution in [0.4, 0.5) is 0 Å². The topological polar surface area (TPSA) is 64.0 Å². The second-order valence-corrected chi connectivity index (χ2v) is 7.11. The molecule has 2 aromatic rings. The zero-order valence-corrected chi connectivity index (χ0v) is 15.2. The minimum absolute atomic E-state index is 0.0969. The van der Waals surface area contributed by atoms with Crippen LogP contribution in [0.3, 0.4) is 0 Å². The maximum absolute atomic E-state index is 12.6. The Kier molecular flexibility index (Phi) is 6.27. The number of hydroxylamine groups is 2. The van der Waals surface area contributed by atoms with Crippen molar-refractivity contribution in [2.45, 2.75) is 25.0 Å². The molecule has 0 saturated carbocycles. The van der Waals surface area contributed by atoms with Crippen molar-refractivity contribution in [2.24, 2.45) is 0 Å². The molecule has 2 atom stereocenters. The van der Waals surface area contributed by atoms with Crippen LogP contribution in [-0.2, 0) is 11.2 Å². The molecule has 0 aliphatic carbocycles. The summed E-state index contributed by atoms with van der Waals surface area (Å²) in [5.41, 5.74) is 1.66. The van der Waals surface area contributed by atoms with Crippen LogP contribution in [0.5, 0.6) is 0 Å². The molecule has 0 unspecified atom stereocenters. The monoisotopic (exact) mass is 374 g/mol. The van der Waals surface area contributed by atoms with Crippen molar-refractivity contribution in [1.82, 2.24) is 9.96 Å². The molecule has 3 rings (SSSR count). The van der Waals surface area contributed by atoms with E-state index in [1.54, 1.807) is 24.3 Å². The van der Waals surface area contributed by atoms with Gasteiger partial charge in [-0.15, -0.1) is 0 Å². The van der Waals surface area contributed by atoms with Gasteiger partial charge in [0, 0.05) is 24.7 Å². The fourth-order valence-electron chi connectivity index (χ4n) is 3.25. The van der Waals surface area contributed by atoms with Gasteiger partial charge >= 0.3 is 0 Å². The van der Waals surface area contributed by atoms with E-state index in [2.05, 4.69) is 4.90 Å². The number of aliphatic hydroxyl groups excluding tert-OH is 1. The fourth-order valence-corrected chi connectivity index (χ4v) is 3.38. The van der Waals surface area contributed by atoms with Gasteiger partial charge in [0.2, 0.25) is 0 Å². The Balaban J connectivity index is 1.74. The Bertz CT molecular complexity index is 724. The second-order valence-electron chi connectivity index (χ2n) is 6.67. The minimum Gasteiger partial charge on any atom is -0.392 e. The van der Waals surface area contributed by atoms with E-state index >= 15 is 0 Å². The molecule has 0 radical (unpaired) electrons. The summed E-state index contributed by atoms with van der Waals surface area (Å²) in [5.74, 6) is -0.374. The highest BCUT2D eigenvalue weighted by molar-refractivity contribution is 6.30. The molecule has 1 aliphatic heterocycles. The van der Waals surface area contributed by atoms with E-state index in [-0.39, 0.29) is 18.4 Å². The Morgan fingerprint density at radius 1 is 1.19 bits per heavy atom. The first kappa shape index (κ1) is 18.9. The van der Waals surface area contributed by atoms with E-state index in [1.165, 1.54) is 0 Å². The highest BCUT2D eigenvalue weighted by atomic mass is 35.5. The minimum atomic E-state index is -0.485. The molecule has 2 N–H and O–H groups in total. The largest absolute Gasteiger partial charge is 0.392 e. The molecule has 26 heavy (non-hydrogen) atoms. The number of hydrogen-bond donors (Lipinski definition) is 2. The van der Waals surface area contributed by atoms with Crippen LogP contribution in [0.15, 0.2) is 54.6 Å². The normalized spacial score (nSPS) is 18.7. The van der Waals surface area contributed by atoms with Crippen molar-refractivity contribution in [3.63, 3.8) is 0 Å². The summed E-state index contributed by atoms with van der Waals surface area (Å²) in [6.07, 6.45) is 0.467. The van der Waals surface area contributed by atoms with Gasteiger partial charge in [0.05, 0.1) is 18.6 Å². The molecule has 1 fully saturated rings. The smallest absolute Gasteiger partial charge is 0.250 e. The summed E-state index contributed by atoms with van der Waals surface area (Å²) >= 11 is 5.88. The molecule has 5 nitrogen and oxygen atoms in total. The third kappa shape index (κ3) is 4.83. The average molecular weight is 375 g/mol. The molecule has 1 saturated heterocycles. The molecule has 138 valence electrons. The number of nitrogens with zero attached hydrogens (tertiary/aromatic N) is 2. The summed E-state index contributed by atoms with van der Waals surface area (Å²) < 4.78 is 0. The van der Waals surface area contributed by atoms with Crippen LogP contribution in [0.2, 0.25) is 5.02 Å². The van der Waals surface area contributed by atoms with Gasteiger partial charge in [-0.3, -0.25) is 14.9 Å². The van der Waals surface area contributed by atoms with Gasteiger partial charge in [0.15, 0.2) is 0 Å². The summed E-state index contributed by atoms with van der Waals surface area (Å²) in [6, 6.07) is 16.0. The maximum atomic E-state index is 12.6. The van der Waals surface area contributed by atoms with Crippen LogP contribution in [0.1, 0.15) is 23.6 Å². The van der Waals surface area contributed by atoms with Crippen molar-refractivity contribution in [3.05, 3.63) is 70.7 Å². The standard InChI is InChI=1S/C20H23ClN2O3/c21-17-8-6-15(7-9-17)12-20(25)23(26)19(16-4-2-1-3-5-16)14-22-11-10-18(24)13-22/h1-9,18-19,24,26H,10-14H2/t18-,19+/m0/s1. The first-order chi connectivity index (χ1) is 12.5. The van der Waals surface area contributed by atoms with Gasteiger partial charge in [-0.05, 0) is 29.7 Å². The van der Waals surface area contributed by atoms with Crippen LogP contribution in [-0.4, -0.2) is 51.9 Å². The molecule has 2 aromatic carbocycles. The zero-order chi connectivity index (χ0) is 18.5. The molecule has 1 aliphatic rings. The van der Waals surface area contributed by atoms with Gasteiger partial charge in [0.1, 0.15) is 0 Å². The van der Waals surface area contributed by atoms with E-state index in [4.69, 9.17) is 11.6 Å². The third-order valence-corrected chi connectivity index (χ3v) is 4.93. The van der Waals surface area contributed by atoms with Crippen LogP contribution >= 0.6 is 11.6 Å². The van der Waals surface area contributed by atoms with E-state index in [0.717, 1.165) is 22.7 Å². The van der Waals surface area contributed by atoms with Crippen LogP contribution < -0.4 is 0 Å². The Hall–Kier alpha value is -1.92. The number of carbonyl (C=O) groups is 1. The van der Waals surface area contributed by atoms with Crippen LogP contribution in [0, 0.1) is 0 Å². The van der Waals surface area contributed by atoms with Gasteiger partial charge in [-0.2, -0.15) is 0 Å². The average Bonchev–Trinajstić information content (AvgIpc) is 3.07. The van der Waals surface area contributed by atoms with Crippen molar-refractivity contribution < 1.29 is 15.1 Å². The number of likely N-dealkylation sites (tertiary alicyclic amines) is 1. The molecule has 0 spiro atoms. The van der Waals surface area contributed by atoms with Gasteiger partial charge in [0.25, 0.3) is 5.91 Å². The number of rotatable bonds is 6.